The fraction of sp³-hybridized carbons (Fsp3) is 0.278. The third-order valence-electron chi connectivity index (χ3n) is 4.03. The molecule has 0 bridgehead atoms. The van der Waals surface area contributed by atoms with Crippen LogP contribution in [0.4, 0.5) is 0 Å². The molecular weight excluding hydrogens is 389 g/mol. The number of carbonyl (C=O) groups excluding carboxylic acids is 1. The molecule has 0 aliphatic carbocycles. The Hall–Kier alpha value is -2.51. The zero-order chi connectivity index (χ0) is 19.4. The topological polar surface area (TPSA) is 65.2 Å². The number of hydrogen-bond donors (Lipinski definition) is 0. The van der Waals surface area contributed by atoms with Gasteiger partial charge in [0.1, 0.15) is 11.4 Å². The molecule has 0 aliphatic heterocycles. The molecule has 0 fully saturated rings. The van der Waals surface area contributed by atoms with Gasteiger partial charge in [0.05, 0.1) is 23.5 Å². The van der Waals surface area contributed by atoms with Gasteiger partial charge in [-0.25, -0.2) is 4.68 Å². The van der Waals surface area contributed by atoms with E-state index in [4.69, 9.17) is 27.9 Å². The Kier molecular flexibility index (Phi) is 6.03. The first kappa shape index (κ1) is 19.3. The molecule has 2 aromatic heterocycles. The second kappa shape index (κ2) is 8.45. The zero-order valence-electron chi connectivity index (χ0n) is 15.0. The molecule has 2 heterocycles. The van der Waals surface area contributed by atoms with Crippen molar-refractivity contribution in [3.8, 4) is 5.75 Å². The highest BCUT2D eigenvalue weighted by Crippen LogP contribution is 2.19. The number of halogens is 2. The van der Waals surface area contributed by atoms with Gasteiger partial charge in [-0.2, -0.15) is 10.2 Å². The van der Waals surface area contributed by atoms with E-state index >= 15 is 0 Å². The van der Waals surface area contributed by atoms with Crippen molar-refractivity contribution in [2.45, 2.75) is 26.7 Å². The summed E-state index contributed by atoms with van der Waals surface area (Å²) in [6.07, 6.45) is 3.15. The van der Waals surface area contributed by atoms with Gasteiger partial charge in [-0.15, -0.1) is 0 Å². The molecule has 0 saturated heterocycles. The standard InChI is InChI=1S/C18H19Cl2N5O2/c1-3-24-17(15(20)10-22-24)11-23(2)18(26)16-8-9-21-25(16)12-27-14-6-4-13(19)5-7-14/h4-10H,3,11-12H2,1-2H3. The van der Waals surface area contributed by atoms with E-state index in [2.05, 4.69) is 10.2 Å². The van der Waals surface area contributed by atoms with Crippen molar-refractivity contribution < 1.29 is 9.53 Å². The minimum atomic E-state index is -0.188. The number of amides is 1. The Morgan fingerprint density at radius 2 is 1.89 bits per heavy atom. The normalized spacial score (nSPS) is 10.8. The van der Waals surface area contributed by atoms with Gasteiger partial charge in [-0.1, -0.05) is 23.2 Å². The first-order valence-electron chi connectivity index (χ1n) is 8.35. The molecule has 0 unspecified atom stereocenters. The summed E-state index contributed by atoms with van der Waals surface area (Å²) in [6.45, 7) is 3.10. The van der Waals surface area contributed by atoms with Gasteiger partial charge < -0.3 is 9.64 Å². The minimum Gasteiger partial charge on any atom is -0.471 e. The molecule has 27 heavy (non-hydrogen) atoms. The van der Waals surface area contributed by atoms with Crippen molar-refractivity contribution in [3.05, 3.63) is 64.2 Å². The summed E-state index contributed by atoms with van der Waals surface area (Å²) in [6, 6.07) is 8.64. The maximum Gasteiger partial charge on any atom is 0.272 e. The van der Waals surface area contributed by atoms with Gasteiger partial charge in [-0.05, 0) is 37.3 Å². The molecule has 1 amide bonds. The van der Waals surface area contributed by atoms with Crippen LogP contribution in [-0.4, -0.2) is 37.4 Å². The van der Waals surface area contributed by atoms with Crippen molar-refractivity contribution in [1.82, 2.24) is 24.5 Å². The molecule has 1 aromatic carbocycles. The number of nitrogens with zero attached hydrogens (tertiary/aromatic N) is 5. The lowest BCUT2D eigenvalue weighted by atomic mass is 10.3. The van der Waals surface area contributed by atoms with Crippen molar-refractivity contribution in [3.63, 3.8) is 0 Å². The summed E-state index contributed by atoms with van der Waals surface area (Å²) in [5.74, 6) is 0.451. The van der Waals surface area contributed by atoms with Crippen LogP contribution in [0, 0.1) is 0 Å². The number of benzene rings is 1. The fourth-order valence-corrected chi connectivity index (χ4v) is 2.92. The van der Waals surface area contributed by atoms with Crippen LogP contribution in [0.3, 0.4) is 0 Å². The van der Waals surface area contributed by atoms with Crippen LogP contribution in [0.5, 0.6) is 5.75 Å². The van der Waals surface area contributed by atoms with Crippen molar-refractivity contribution in [2.75, 3.05) is 7.05 Å². The van der Waals surface area contributed by atoms with E-state index in [0.29, 0.717) is 34.6 Å². The number of rotatable bonds is 7. The van der Waals surface area contributed by atoms with Gasteiger partial charge in [0.2, 0.25) is 0 Å². The second-order valence-electron chi connectivity index (χ2n) is 5.86. The highest BCUT2D eigenvalue weighted by atomic mass is 35.5. The summed E-state index contributed by atoms with van der Waals surface area (Å²) in [7, 11) is 1.71. The maximum atomic E-state index is 12.8. The summed E-state index contributed by atoms with van der Waals surface area (Å²) in [5.41, 5.74) is 1.21. The van der Waals surface area contributed by atoms with E-state index in [1.807, 2.05) is 6.92 Å². The molecule has 142 valence electrons. The van der Waals surface area contributed by atoms with Crippen LogP contribution < -0.4 is 4.74 Å². The lowest BCUT2D eigenvalue weighted by Crippen LogP contribution is -2.30. The first-order valence-corrected chi connectivity index (χ1v) is 9.11. The van der Waals surface area contributed by atoms with Crippen LogP contribution in [0.25, 0.3) is 0 Å². The van der Waals surface area contributed by atoms with Gasteiger partial charge in [0, 0.05) is 24.8 Å². The molecular formula is C18H19Cl2N5O2. The van der Waals surface area contributed by atoms with Crippen LogP contribution >= 0.6 is 23.2 Å². The van der Waals surface area contributed by atoms with Gasteiger partial charge in [0.15, 0.2) is 6.73 Å². The van der Waals surface area contributed by atoms with Crippen LogP contribution in [-0.2, 0) is 19.8 Å². The van der Waals surface area contributed by atoms with Gasteiger partial charge >= 0.3 is 0 Å². The molecule has 9 heteroatoms. The van der Waals surface area contributed by atoms with E-state index in [9.17, 15) is 4.79 Å². The Bertz CT molecular complexity index is 920. The third-order valence-corrected chi connectivity index (χ3v) is 4.60. The molecule has 0 saturated carbocycles. The number of aromatic nitrogens is 4. The quantitative estimate of drug-likeness (QED) is 0.598. The van der Waals surface area contributed by atoms with Crippen molar-refractivity contribution in [2.24, 2.45) is 0 Å². The number of ether oxygens (including phenoxy) is 1. The Labute approximate surface area is 167 Å². The zero-order valence-corrected chi connectivity index (χ0v) is 16.5. The first-order chi connectivity index (χ1) is 13.0. The molecule has 0 spiro atoms. The van der Waals surface area contributed by atoms with E-state index in [1.165, 1.54) is 4.68 Å². The SMILES string of the molecule is CCn1ncc(Cl)c1CN(C)C(=O)c1ccnn1COc1ccc(Cl)cc1. The Morgan fingerprint density at radius 3 is 2.59 bits per heavy atom. The highest BCUT2D eigenvalue weighted by molar-refractivity contribution is 6.31. The lowest BCUT2D eigenvalue weighted by molar-refractivity contribution is 0.0759. The molecule has 3 aromatic rings. The summed E-state index contributed by atoms with van der Waals surface area (Å²) in [4.78, 5) is 14.4. The highest BCUT2D eigenvalue weighted by Gasteiger charge is 2.20. The summed E-state index contributed by atoms with van der Waals surface area (Å²) in [5, 5.41) is 9.54. The van der Waals surface area contributed by atoms with Crippen molar-refractivity contribution >= 4 is 29.1 Å². The van der Waals surface area contributed by atoms with E-state index in [0.717, 1.165) is 5.69 Å². The Balaban J connectivity index is 1.69. The van der Waals surface area contributed by atoms with Gasteiger partial charge in [0.25, 0.3) is 5.91 Å². The second-order valence-corrected chi connectivity index (χ2v) is 6.70. The van der Waals surface area contributed by atoms with Crippen LogP contribution in [0.2, 0.25) is 10.0 Å². The molecule has 3 rings (SSSR count). The fourth-order valence-electron chi connectivity index (χ4n) is 2.59. The molecule has 0 radical (unpaired) electrons. The number of carbonyl (C=O) groups is 1. The number of hydrogen-bond acceptors (Lipinski definition) is 4. The predicted molar refractivity (Wildman–Crippen MR) is 103 cm³/mol. The number of aryl methyl sites for hydroxylation is 1. The molecule has 0 atom stereocenters. The largest absolute Gasteiger partial charge is 0.471 e. The van der Waals surface area contributed by atoms with Crippen molar-refractivity contribution in [1.29, 1.82) is 0 Å². The predicted octanol–water partition coefficient (Wildman–Crippen LogP) is 3.72. The molecule has 0 N–H and O–H groups in total. The maximum absolute atomic E-state index is 12.8. The van der Waals surface area contributed by atoms with Crippen LogP contribution in [0.15, 0.2) is 42.7 Å². The molecule has 0 aliphatic rings. The average molecular weight is 408 g/mol. The third kappa shape index (κ3) is 4.43. The van der Waals surface area contributed by atoms with Gasteiger partial charge in [-0.3, -0.25) is 9.48 Å². The Morgan fingerprint density at radius 1 is 1.15 bits per heavy atom. The van der Waals surface area contributed by atoms with E-state index in [1.54, 1.807) is 59.4 Å². The molecule has 7 nitrogen and oxygen atoms in total. The van der Waals surface area contributed by atoms with E-state index in [-0.39, 0.29) is 12.6 Å². The lowest BCUT2D eigenvalue weighted by Gasteiger charge is -2.19. The van der Waals surface area contributed by atoms with E-state index < -0.39 is 0 Å². The summed E-state index contributed by atoms with van der Waals surface area (Å²) >= 11 is 12.1. The average Bonchev–Trinajstić information content (AvgIpc) is 3.27. The van der Waals surface area contributed by atoms with Crippen LogP contribution in [0.1, 0.15) is 23.1 Å². The monoisotopic (exact) mass is 407 g/mol. The summed E-state index contributed by atoms with van der Waals surface area (Å²) < 4.78 is 8.95. The smallest absolute Gasteiger partial charge is 0.272 e. The minimum absolute atomic E-state index is 0.108.